The summed E-state index contributed by atoms with van der Waals surface area (Å²) in [5.41, 5.74) is 1.55. The highest BCUT2D eigenvalue weighted by Crippen LogP contribution is 2.43. The molecular formula is C18H22N2. The zero-order valence-electron chi connectivity index (χ0n) is 12.0. The first-order valence-corrected chi connectivity index (χ1v) is 7.36. The third-order valence-corrected chi connectivity index (χ3v) is 4.53. The summed E-state index contributed by atoms with van der Waals surface area (Å²) in [4.78, 5) is 7.27. The van der Waals surface area contributed by atoms with Gasteiger partial charge in [0.1, 0.15) is 5.84 Å². The zero-order valence-corrected chi connectivity index (χ0v) is 12.0. The zero-order chi connectivity index (χ0) is 14.0. The van der Waals surface area contributed by atoms with E-state index in [1.54, 1.807) is 0 Å². The molecule has 0 bridgehead atoms. The van der Waals surface area contributed by atoms with Crippen LogP contribution in [-0.2, 0) is 0 Å². The summed E-state index contributed by atoms with van der Waals surface area (Å²) in [6, 6.07) is 11.1. The van der Waals surface area contributed by atoms with Crippen molar-refractivity contribution in [2.75, 3.05) is 13.1 Å². The smallest absolute Gasteiger partial charge is 0.131 e. The molecule has 3 rings (SSSR count). The Morgan fingerprint density at radius 3 is 2.55 bits per heavy atom. The highest BCUT2D eigenvalue weighted by molar-refractivity contribution is 6.00. The van der Waals surface area contributed by atoms with Crippen molar-refractivity contribution in [2.45, 2.75) is 25.3 Å². The Bertz CT molecular complexity index is 520. The number of benzene rings is 1. The topological polar surface area (TPSA) is 15.6 Å². The molecule has 1 fully saturated rings. The quantitative estimate of drug-likeness (QED) is 0.743. The lowest BCUT2D eigenvalue weighted by atomic mass is 9.79. The van der Waals surface area contributed by atoms with E-state index in [2.05, 4.69) is 60.5 Å². The van der Waals surface area contributed by atoms with Crippen LogP contribution in [0, 0.1) is 5.41 Å². The van der Waals surface area contributed by atoms with Crippen LogP contribution in [0.3, 0.4) is 0 Å². The average molecular weight is 266 g/mol. The maximum absolute atomic E-state index is 4.77. The van der Waals surface area contributed by atoms with E-state index in [1.165, 1.54) is 17.8 Å². The van der Waals surface area contributed by atoms with Gasteiger partial charge in [-0.2, -0.15) is 0 Å². The van der Waals surface area contributed by atoms with E-state index in [0.29, 0.717) is 11.5 Å². The van der Waals surface area contributed by atoms with Crippen LogP contribution >= 0.6 is 0 Å². The van der Waals surface area contributed by atoms with E-state index >= 15 is 0 Å². The Hall–Kier alpha value is -1.83. The monoisotopic (exact) mass is 266 g/mol. The second-order valence-corrected chi connectivity index (χ2v) is 6.00. The van der Waals surface area contributed by atoms with Gasteiger partial charge in [-0.15, -0.1) is 13.2 Å². The number of hydrogen-bond acceptors (Lipinski definition) is 2. The lowest BCUT2D eigenvalue weighted by Crippen LogP contribution is -2.33. The van der Waals surface area contributed by atoms with Crippen LogP contribution in [0.2, 0.25) is 0 Å². The van der Waals surface area contributed by atoms with Gasteiger partial charge in [-0.1, -0.05) is 42.5 Å². The van der Waals surface area contributed by atoms with Crippen molar-refractivity contribution in [3.05, 3.63) is 61.2 Å². The first-order valence-electron chi connectivity index (χ1n) is 7.36. The van der Waals surface area contributed by atoms with Crippen LogP contribution in [0.15, 0.2) is 60.6 Å². The van der Waals surface area contributed by atoms with Crippen molar-refractivity contribution in [1.82, 2.24) is 4.90 Å². The van der Waals surface area contributed by atoms with Crippen molar-refractivity contribution in [3.8, 4) is 0 Å². The number of aliphatic imine (C=N–C) groups is 1. The molecule has 2 heteroatoms. The number of hydrogen-bond donors (Lipinski definition) is 0. The van der Waals surface area contributed by atoms with E-state index < -0.39 is 0 Å². The van der Waals surface area contributed by atoms with Gasteiger partial charge in [0.25, 0.3) is 0 Å². The van der Waals surface area contributed by atoms with E-state index in [0.717, 1.165) is 25.9 Å². The second-order valence-electron chi connectivity index (χ2n) is 6.00. The summed E-state index contributed by atoms with van der Waals surface area (Å²) in [7, 11) is 0. The second kappa shape index (κ2) is 5.28. The van der Waals surface area contributed by atoms with Crippen LogP contribution < -0.4 is 0 Å². The molecule has 0 aliphatic carbocycles. The van der Waals surface area contributed by atoms with Gasteiger partial charge in [-0.25, -0.2) is 0 Å². The van der Waals surface area contributed by atoms with E-state index in [9.17, 15) is 0 Å². The first kappa shape index (κ1) is 13.2. The normalized spacial score (nSPS) is 23.3. The van der Waals surface area contributed by atoms with Crippen LogP contribution in [0.25, 0.3) is 0 Å². The van der Waals surface area contributed by atoms with E-state index in [1.807, 2.05) is 0 Å². The molecule has 0 aromatic heterocycles. The predicted octanol–water partition coefficient (Wildman–Crippen LogP) is 3.66. The molecule has 1 aromatic carbocycles. The molecule has 20 heavy (non-hydrogen) atoms. The molecular weight excluding hydrogens is 244 g/mol. The van der Waals surface area contributed by atoms with Gasteiger partial charge in [0, 0.05) is 12.1 Å². The minimum Gasteiger partial charge on any atom is -0.351 e. The lowest BCUT2D eigenvalue weighted by molar-refractivity contribution is 0.308. The molecule has 2 aliphatic heterocycles. The Labute approximate surface area is 121 Å². The number of nitrogens with zero attached hydrogens (tertiary/aromatic N) is 2. The fraction of sp³-hybridized carbons (Fsp3) is 0.389. The van der Waals surface area contributed by atoms with Crippen LogP contribution in [0.1, 0.15) is 24.8 Å². The molecule has 0 spiro atoms. The molecule has 0 N–H and O–H groups in total. The summed E-state index contributed by atoms with van der Waals surface area (Å²) in [6.07, 6.45) is 7.45. The maximum atomic E-state index is 4.77. The molecule has 1 atom stereocenters. The third kappa shape index (κ3) is 2.20. The molecule has 2 heterocycles. The fourth-order valence-electron chi connectivity index (χ4n) is 3.69. The van der Waals surface area contributed by atoms with E-state index in [4.69, 9.17) is 4.99 Å². The number of fused-ring (bicyclic) bond motifs is 1. The SMILES string of the molecule is C=CCC1(CC=C)CC2CN=C(c3ccccc3)N2C1. The van der Waals surface area contributed by atoms with Crippen LogP contribution in [0.4, 0.5) is 0 Å². The minimum atomic E-state index is 0.310. The molecule has 1 aromatic rings. The highest BCUT2D eigenvalue weighted by Gasteiger charge is 2.45. The summed E-state index contributed by atoms with van der Waals surface area (Å²) < 4.78 is 0. The largest absolute Gasteiger partial charge is 0.351 e. The van der Waals surface area contributed by atoms with Crippen molar-refractivity contribution < 1.29 is 0 Å². The number of rotatable bonds is 5. The predicted molar refractivity (Wildman–Crippen MR) is 85.0 cm³/mol. The van der Waals surface area contributed by atoms with Gasteiger partial charge in [0.05, 0.1) is 12.6 Å². The fourth-order valence-corrected chi connectivity index (χ4v) is 3.69. The number of allylic oxidation sites excluding steroid dienone is 2. The molecule has 1 saturated heterocycles. The number of amidine groups is 1. The van der Waals surface area contributed by atoms with Gasteiger partial charge >= 0.3 is 0 Å². The van der Waals surface area contributed by atoms with Crippen molar-refractivity contribution in [1.29, 1.82) is 0 Å². The van der Waals surface area contributed by atoms with E-state index in [-0.39, 0.29) is 0 Å². The molecule has 1 unspecified atom stereocenters. The Balaban J connectivity index is 1.84. The summed E-state index contributed by atoms with van der Waals surface area (Å²) in [6.45, 7) is 9.88. The average Bonchev–Trinajstić information content (AvgIpc) is 2.98. The van der Waals surface area contributed by atoms with Crippen molar-refractivity contribution in [2.24, 2.45) is 10.4 Å². The summed E-state index contributed by atoms with van der Waals surface area (Å²) in [5.74, 6) is 1.17. The minimum absolute atomic E-state index is 0.310. The van der Waals surface area contributed by atoms with Gasteiger partial charge < -0.3 is 4.90 Å². The molecule has 2 aliphatic rings. The van der Waals surface area contributed by atoms with Gasteiger partial charge in [-0.05, 0) is 24.7 Å². The summed E-state index contributed by atoms with van der Waals surface area (Å²) >= 11 is 0. The molecule has 0 radical (unpaired) electrons. The lowest BCUT2D eigenvalue weighted by Gasteiger charge is -2.27. The third-order valence-electron chi connectivity index (χ3n) is 4.53. The molecule has 0 saturated carbocycles. The standard InChI is InChI=1S/C18H22N2/c1-3-10-18(11-4-2)12-16-13-19-17(20(16)14-18)15-8-6-5-7-9-15/h3-9,16H,1-2,10-14H2. The van der Waals surface area contributed by atoms with Crippen molar-refractivity contribution >= 4 is 5.84 Å². The Morgan fingerprint density at radius 2 is 1.90 bits per heavy atom. The Morgan fingerprint density at radius 1 is 1.20 bits per heavy atom. The summed E-state index contributed by atoms with van der Waals surface area (Å²) in [5, 5.41) is 0. The van der Waals surface area contributed by atoms with Crippen LogP contribution in [-0.4, -0.2) is 29.9 Å². The van der Waals surface area contributed by atoms with Gasteiger partial charge in [-0.3, -0.25) is 4.99 Å². The first-order chi connectivity index (χ1) is 9.78. The van der Waals surface area contributed by atoms with Crippen molar-refractivity contribution in [3.63, 3.8) is 0 Å². The maximum Gasteiger partial charge on any atom is 0.131 e. The van der Waals surface area contributed by atoms with Crippen LogP contribution in [0.5, 0.6) is 0 Å². The van der Waals surface area contributed by atoms with Gasteiger partial charge in [0.15, 0.2) is 0 Å². The molecule has 0 amide bonds. The van der Waals surface area contributed by atoms with Gasteiger partial charge in [0.2, 0.25) is 0 Å². The molecule has 104 valence electrons. The Kier molecular flexibility index (Phi) is 3.47. The molecule has 2 nitrogen and oxygen atoms in total. The highest BCUT2D eigenvalue weighted by atomic mass is 15.3.